The van der Waals surface area contributed by atoms with Gasteiger partial charge in [-0.1, -0.05) is 29.3 Å². The lowest BCUT2D eigenvalue weighted by Crippen LogP contribution is -2.19. The maximum Gasteiger partial charge on any atom is 0.417 e. The Morgan fingerprint density at radius 2 is 1.21 bits per heavy atom. The van der Waals surface area contributed by atoms with Crippen molar-refractivity contribution in [1.29, 1.82) is 0 Å². The summed E-state index contributed by atoms with van der Waals surface area (Å²) < 4.78 is 5.23. The fourth-order valence-corrected chi connectivity index (χ4v) is 2.50. The Balaban J connectivity index is 1.57. The van der Waals surface area contributed by atoms with Gasteiger partial charge in [-0.05, 0) is 60.7 Å². The lowest BCUT2D eigenvalue weighted by atomic mass is 10.3. The molecular weight excluding hydrogens is 401 g/mol. The van der Waals surface area contributed by atoms with E-state index in [0.717, 1.165) is 0 Å². The molecule has 3 aromatic carbocycles. The highest BCUT2D eigenvalue weighted by Crippen LogP contribution is 2.20. The maximum absolute atomic E-state index is 12.1. The molecule has 3 amide bonds. The first kappa shape index (κ1) is 19.5. The molecule has 0 saturated heterocycles. The van der Waals surface area contributed by atoms with Crippen LogP contribution in [-0.4, -0.2) is 12.1 Å². The zero-order valence-electron chi connectivity index (χ0n) is 14.4. The number of hydrogen-bond donors (Lipinski definition) is 3. The Bertz CT molecular complexity index is 900. The second-order valence-electron chi connectivity index (χ2n) is 5.64. The van der Waals surface area contributed by atoms with Gasteiger partial charge in [0.05, 0.1) is 0 Å². The monoisotopic (exact) mass is 415 g/mol. The van der Waals surface area contributed by atoms with Gasteiger partial charge in [0, 0.05) is 33.2 Å². The van der Waals surface area contributed by atoms with Crippen molar-refractivity contribution >= 4 is 52.4 Å². The van der Waals surface area contributed by atoms with Crippen LogP contribution in [0.15, 0.2) is 72.8 Å². The third-order valence-corrected chi connectivity index (χ3v) is 4.00. The van der Waals surface area contributed by atoms with Crippen molar-refractivity contribution in [2.45, 2.75) is 0 Å². The number of ether oxygens (including phenoxy) is 1. The highest BCUT2D eigenvalue weighted by atomic mass is 35.5. The second-order valence-corrected chi connectivity index (χ2v) is 6.51. The van der Waals surface area contributed by atoms with Crippen molar-refractivity contribution in [3.63, 3.8) is 0 Å². The van der Waals surface area contributed by atoms with Crippen molar-refractivity contribution in [1.82, 2.24) is 0 Å². The Morgan fingerprint density at radius 3 is 1.82 bits per heavy atom. The molecule has 0 aliphatic heterocycles. The normalized spacial score (nSPS) is 10.1. The quantitative estimate of drug-likeness (QED) is 0.471. The zero-order valence-corrected chi connectivity index (χ0v) is 15.9. The number of urea groups is 1. The number of carbonyl (C=O) groups excluding carboxylic acids is 2. The van der Waals surface area contributed by atoms with Gasteiger partial charge in [-0.15, -0.1) is 0 Å². The Morgan fingerprint density at radius 1 is 0.679 bits per heavy atom. The molecule has 0 fully saturated rings. The first-order chi connectivity index (χ1) is 13.5. The molecule has 0 atom stereocenters. The van der Waals surface area contributed by atoms with Crippen LogP contribution in [0.1, 0.15) is 0 Å². The number of rotatable bonds is 4. The fraction of sp³-hybridized carbons (Fsp3) is 0. The van der Waals surface area contributed by atoms with Gasteiger partial charge < -0.3 is 15.4 Å². The minimum absolute atomic E-state index is 0.274. The van der Waals surface area contributed by atoms with E-state index in [1.807, 2.05) is 0 Å². The summed E-state index contributed by atoms with van der Waals surface area (Å²) in [5, 5.41) is 9.07. The summed E-state index contributed by atoms with van der Waals surface area (Å²) in [6, 6.07) is 19.3. The van der Waals surface area contributed by atoms with Crippen molar-refractivity contribution in [2.75, 3.05) is 16.0 Å². The average Bonchev–Trinajstić information content (AvgIpc) is 2.66. The molecule has 0 unspecified atom stereocenters. The number of amides is 3. The number of benzene rings is 3. The number of hydrogen-bond acceptors (Lipinski definition) is 3. The molecule has 0 aliphatic rings. The van der Waals surface area contributed by atoms with Gasteiger partial charge in [-0.3, -0.25) is 5.32 Å². The first-order valence-electron chi connectivity index (χ1n) is 8.16. The standard InChI is InChI=1S/C20H15Cl2N3O3/c21-13-4-8-15(9-5-13)23-19(26)24-17-2-1-3-18(12-17)28-20(27)25-16-10-6-14(22)7-11-16/h1-12H,(H,25,27)(H2,23,24,26). The fourth-order valence-electron chi connectivity index (χ4n) is 2.25. The van der Waals surface area contributed by atoms with Crippen molar-refractivity contribution in [3.05, 3.63) is 82.8 Å². The number of anilines is 3. The maximum atomic E-state index is 12.1. The van der Waals surface area contributed by atoms with Crippen LogP contribution in [0.25, 0.3) is 0 Å². The van der Waals surface area contributed by atoms with Crippen LogP contribution in [0.4, 0.5) is 26.7 Å². The van der Waals surface area contributed by atoms with E-state index < -0.39 is 12.1 Å². The Labute approximate surface area is 171 Å². The summed E-state index contributed by atoms with van der Waals surface area (Å²) >= 11 is 11.6. The van der Waals surface area contributed by atoms with Crippen molar-refractivity contribution in [2.24, 2.45) is 0 Å². The SMILES string of the molecule is O=C(Nc1ccc(Cl)cc1)Nc1cccc(OC(=O)Nc2ccc(Cl)cc2)c1. The number of nitrogens with one attached hydrogen (secondary N) is 3. The van der Waals surface area contributed by atoms with Crippen LogP contribution in [-0.2, 0) is 0 Å². The van der Waals surface area contributed by atoms with Gasteiger partial charge in [0.1, 0.15) is 5.75 Å². The van der Waals surface area contributed by atoms with E-state index in [1.165, 1.54) is 6.07 Å². The van der Waals surface area contributed by atoms with Gasteiger partial charge in [0.15, 0.2) is 0 Å². The molecule has 142 valence electrons. The van der Waals surface area contributed by atoms with E-state index in [-0.39, 0.29) is 5.75 Å². The molecule has 0 saturated carbocycles. The van der Waals surface area contributed by atoms with Gasteiger partial charge in [0.2, 0.25) is 0 Å². The third-order valence-electron chi connectivity index (χ3n) is 3.50. The average molecular weight is 416 g/mol. The van der Waals surface area contributed by atoms with Crippen LogP contribution in [0, 0.1) is 0 Å². The predicted octanol–water partition coefficient (Wildman–Crippen LogP) is 6.25. The van der Waals surface area contributed by atoms with E-state index in [9.17, 15) is 9.59 Å². The molecule has 0 aromatic heterocycles. The van der Waals surface area contributed by atoms with E-state index in [0.29, 0.717) is 27.1 Å². The van der Waals surface area contributed by atoms with Crippen LogP contribution in [0.5, 0.6) is 5.75 Å². The molecule has 0 heterocycles. The summed E-state index contributed by atoms with van der Waals surface area (Å²) in [4.78, 5) is 24.1. The van der Waals surface area contributed by atoms with Crippen molar-refractivity contribution < 1.29 is 14.3 Å². The van der Waals surface area contributed by atoms with Crippen LogP contribution in [0.3, 0.4) is 0 Å². The molecule has 28 heavy (non-hydrogen) atoms. The number of carbonyl (C=O) groups is 2. The molecule has 8 heteroatoms. The molecular formula is C20H15Cl2N3O3. The molecule has 0 aliphatic carbocycles. The molecule has 6 nitrogen and oxygen atoms in total. The molecule has 3 N–H and O–H groups in total. The predicted molar refractivity (Wildman–Crippen MR) is 112 cm³/mol. The van der Waals surface area contributed by atoms with E-state index >= 15 is 0 Å². The largest absolute Gasteiger partial charge is 0.417 e. The van der Waals surface area contributed by atoms with E-state index in [4.69, 9.17) is 27.9 Å². The molecule has 3 rings (SSSR count). The summed E-state index contributed by atoms with van der Waals surface area (Å²) in [6.07, 6.45) is -0.662. The first-order valence-corrected chi connectivity index (χ1v) is 8.91. The lowest BCUT2D eigenvalue weighted by Gasteiger charge is -2.10. The molecule has 0 bridgehead atoms. The summed E-state index contributed by atoms with van der Waals surface area (Å²) in [7, 11) is 0. The summed E-state index contributed by atoms with van der Waals surface area (Å²) in [5.41, 5.74) is 1.60. The summed E-state index contributed by atoms with van der Waals surface area (Å²) in [5.74, 6) is 0.274. The van der Waals surface area contributed by atoms with Gasteiger partial charge in [-0.25, -0.2) is 9.59 Å². The number of halogens is 2. The van der Waals surface area contributed by atoms with Crippen LogP contribution in [0.2, 0.25) is 10.0 Å². The van der Waals surface area contributed by atoms with Gasteiger partial charge in [0.25, 0.3) is 0 Å². The Hall–Kier alpha value is -3.22. The topological polar surface area (TPSA) is 79.5 Å². The highest BCUT2D eigenvalue weighted by Gasteiger charge is 2.08. The molecule has 0 radical (unpaired) electrons. The van der Waals surface area contributed by atoms with Gasteiger partial charge in [-0.2, -0.15) is 0 Å². The third kappa shape index (κ3) is 5.90. The summed E-state index contributed by atoms with van der Waals surface area (Å²) in [6.45, 7) is 0. The minimum Gasteiger partial charge on any atom is -0.410 e. The Kier molecular flexibility index (Phi) is 6.37. The molecule has 0 spiro atoms. The smallest absolute Gasteiger partial charge is 0.410 e. The van der Waals surface area contributed by atoms with E-state index in [2.05, 4.69) is 16.0 Å². The minimum atomic E-state index is -0.662. The second kappa shape index (κ2) is 9.12. The zero-order chi connectivity index (χ0) is 19.9. The molecule has 3 aromatic rings. The van der Waals surface area contributed by atoms with Crippen LogP contribution < -0.4 is 20.7 Å². The highest BCUT2D eigenvalue weighted by molar-refractivity contribution is 6.31. The van der Waals surface area contributed by atoms with Gasteiger partial charge >= 0.3 is 12.1 Å². The van der Waals surface area contributed by atoms with E-state index in [1.54, 1.807) is 66.7 Å². The lowest BCUT2D eigenvalue weighted by molar-refractivity contribution is 0.215. The van der Waals surface area contributed by atoms with Crippen molar-refractivity contribution in [3.8, 4) is 5.75 Å². The van der Waals surface area contributed by atoms with Crippen LogP contribution >= 0.6 is 23.2 Å².